The van der Waals surface area contributed by atoms with Crippen LogP contribution in [0.4, 0.5) is 13.2 Å². The molecule has 1 aromatic carbocycles. The summed E-state index contributed by atoms with van der Waals surface area (Å²) >= 11 is 0. The number of hydrogen-bond donors (Lipinski definition) is 1. The minimum atomic E-state index is -4.80. The Morgan fingerprint density at radius 1 is 1.35 bits per heavy atom. The number of alkyl halides is 3. The minimum Gasteiger partial charge on any atom is -0.382 e. The molecule has 128 valence electrons. The van der Waals surface area contributed by atoms with Crippen LogP contribution in [-0.2, 0) is 11.2 Å². The normalized spacial score (nSPS) is 21.8. The molecule has 7 heteroatoms. The molecule has 0 unspecified atom stereocenters. The molecular weight excluding hydrogens is 309 g/mol. The lowest BCUT2D eigenvalue weighted by molar-refractivity contribution is -0.228. The van der Waals surface area contributed by atoms with E-state index in [-0.39, 0.29) is 6.04 Å². The summed E-state index contributed by atoms with van der Waals surface area (Å²) in [5.74, 6) is 0. The molecule has 1 saturated heterocycles. The Labute approximate surface area is 133 Å². The SMILES string of the molecule is COC[C@@H]1CCCN1/N=C/[C@@](O)(Cc1ccccc1)C(F)(F)F. The first-order chi connectivity index (χ1) is 10.9. The molecule has 0 aromatic heterocycles. The Morgan fingerprint density at radius 3 is 2.65 bits per heavy atom. The molecule has 0 spiro atoms. The van der Waals surface area contributed by atoms with Crippen LogP contribution in [0, 0.1) is 0 Å². The number of rotatable bonds is 6. The van der Waals surface area contributed by atoms with Crippen LogP contribution in [-0.4, -0.2) is 54.4 Å². The van der Waals surface area contributed by atoms with Gasteiger partial charge in [-0.25, -0.2) is 0 Å². The van der Waals surface area contributed by atoms with E-state index >= 15 is 0 Å². The Morgan fingerprint density at radius 2 is 2.04 bits per heavy atom. The van der Waals surface area contributed by atoms with Crippen molar-refractivity contribution in [2.75, 3.05) is 20.3 Å². The second kappa shape index (κ2) is 7.31. The van der Waals surface area contributed by atoms with E-state index in [1.807, 2.05) is 0 Å². The van der Waals surface area contributed by atoms with E-state index < -0.39 is 18.2 Å². The highest BCUT2D eigenvalue weighted by molar-refractivity contribution is 5.70. The van der Waals surface area contributed by atoms with E-state index in [2.05, 4.69) is 5.10 Å². The van der Waals surface area contributed by atoms with Crippen molar-refractivity contribution in [3.05, 3.63) is 35.9 Å². The third kappa shape index (κ3) is 4.45. The van der Waals surface area contributed by atoms with Gasteiger partial charge in [-0.05, 0) is 18.4 Å². The number of nitrogens with zero attached hydrogens (tertiary/aromatic N) is 2. The lowest BCUT2D eigenvalue weighted by Crippen LogP contribution is -2.49. The highest BCUT2D eigenvalue weighted by Gasteiger charge is 2.53. The summed E-state index contributed by atoms with van der Waals surface area (Å²) in [7, 11) is 1.54. The highest BCUT2D eigenvalue weighted by Crippen LogP contribution is 2.32. The first kappa shape index (κ1) is 17.7. The van der Waals surface area contributed by atoms with Crippen LogP contribution in [0.1, 0.15) is 18.4 Å². The molecule has 0 amide bonds. The van der Waals surface area contributed by atoms with Crippen LogP contribution in [0.2, 0.25) is 0 Å². The number of ether oxygens (including phenoxy) is 1. The van der Waals surface area contributed by atoms with Crippen molar-refractivity contribution in [3.63, 3.8) is 0 Å². The van der Waals surface area contributed by atoms with E-state index in [1.165, 1.54) is 0 Å². The first-order valence-electron chi connectivity index (χ1n) is 7.49. The Kier molecular flexibility index (Phi) is 5.64. The first-order valence-corrected chi connectivity index (χ1v) is 7.49. The monoisotopic (exact) mass is 330 g/mol. The topological polar surface area (TPSA) is 45.1 Å². The molecule has 1 aliphatic heterocycles. The molecular formula is C16H21F3N2O2. The predicted octanol–water partition coefficient (Wildman–Crippen LogP) is 2.62. The average molecular weight is 330 g/mol. The van der Waals surface area contributed by atoms with Gasteiger partial charge < -0.3 is 9.84 Å². The van der Waals surface area contributed by atoms with Crippen LogP contribution < -0.4 is 0 Å². The van der Waals surface area contributed by atoms with Gasteiger partial charge in [-0.2, -0.15) is 18.3 Å². The molecule has 1 heterocycles. The maximum Gasteiger partial charge on any atom is 0.422 e. The molecule has 2 atom stereocenters. The molecule has 2 rings (SSSR count). The van der Waals surface area contributed by atoms with Gasteiger partial charge in [0, 0.05) is 20.1 Å². The summed E-state index contributed by atoms with van der Waals surface area (Å²) in [6.45, 7) is 0.963. The molecule has 0 radical (unpaired) electrons. The molecule has 1 N–H and O–H groups in total. The van der Waals surface area contributed by atoms with E-state index in [1.54, 1.807) is 42.5 Å². The van der Waals surface area contributed by atoms with E-state index in [9.17, 15) is 18.3 Å². The van der Waals surface area contributed by atoms with E-state index in [0.717, 1.165) is 12.8 Å². The maximum atomic E-state index is 13.3. The van der Waals surface area contributed by atoms with Gasteiger partial charge in [0.2, 0.25) is 5.60 Å². The Bertz CT molecular complexity index is 522. The third-order valence-electron chi connectivity index (χ3n) is 3.93. The molecule has 0 bridgehead atoms. The van der Waals surface area contributed by atoms with Crippen LogP contribution in [0.15, 0.2) is 35.4 Å². The molecule has 1 aromatic rings. The van der Waals surface area contributed by atoms with Crippen LogP contribution >= 0.6 is 0 Å². The molecule has 4 nitrogen and oxygen atoms in total. The van der Waals surface area contributed by atoms with Crippen molar-refractivity contribution in [1.82, 2.24) is 5.01 Å². The zero-order valence-electron chi connectivity index (χ0n) is 13.0. The number of benzene rings is 1. The Hall–Kier alpha value is -1.60. The molecule has 0 aliphatic carbocycles. The van der Waals surface area contributed by atoms with Gasteiger partial charge in [0.25, 0.3) is 0 Å². The van der Waals surface area contributed by atoms with Gasteiger partial charge in [0.1, 0.15) is 0 Å². The summed E-state index contributed by atoms with van der Waals surface area (Å²) in [5.41, 5.74) is -2.59. The predicted molar refractivity (Wildman–Crippen MR) is 81.2 cm³/mol. The standard InChI is InChI=1S/C16H21F3N2O2/c1-23-11-14-8-5-9-21(14)20-12-15(22,16(17,18)19)10-13-6-3-2-4-7-13/h2-4,6-7,12,14,22H,5,8-11H2,1H3/b20-12+/t14-,15-/m0/s1. The minimum absolute atomic E-state index is 0.0505. The summed E-state index contributed by atoms with van der Waals surface area (Å²) in [5, 5.41) is 15.6. The zero-order chi connectivity index (χ0) is 16.9. The van der Waals surface area contributed by atoms with Crippen molar-refractivity contribution in [2.45, 2.75) is 37.1 Å². The van der Waals surface area contributed by atoms with E-state index in [4.69, 9.17) is 4.74 Å². The number of methoxy groups -OCH3 is 1. The van der Waals surface area contributed by atoms with Crippen LogP contribution in [0.25, 0.3) is 0 Å². The largest absolute Gasteiger partial charge is 0.422 e. The maximum absolute atomic E-state index is 13.3. The number of hydrazone groups is 1. The average Bonchev–Trinajstić information content (AvgIpc) is 2.93. The van der Waals surface area contributed by atoms with Crippen molar-refractivity contribution >= 4 is 6.21 Å². The van der Waals surface area contributed by atoms with Gasteiger partial charge in [0.15, 0.2) is 0 Å². The van der Waals surface area contributed by atoms with Crippen molar-refractivity contribution in [1.29, 1.82) is 0 Å². The number of halogens is 3. The lowest BCUT2D eigenvalue weighted by atomic mass is 9.95. The smallest absolute Gasteiger partial charge is 0.382 e. The summed E-state index contributed by atoms with van der Waals surface area (Å²) in [4.78, 5) is 0. The van der Waals surface area contributed by atoms with Gasteiger partial charge in [-0.3, -0.25) is 5.01 Å². The van der Waals surface area contributed by atoms with Gasteiger partial charge in [-0.15, -0.1) is 0 Å². The second-order valence-electron chi connectivity index (χ2n) is 5.74. The lowest BCUT2D eigenvalue weighted by Gasteiger charge is -2.28. The van der Waals surface area contributed by atoms with Gasteiger partial charge >= 0.3 is 6.18 Å². The fourth-order valence-corrected chi connectivity index (χ4v) is 2.63. The third-order valence-corrected chi connectivity index (χ3v) is 3.93. The fraction of sp³-hybridized carbons (Fsp3) is 0.562. The fourth-order valence-electron chi connectivity index (χ4n) is 2.63. The second-order valence-corrected chi connectivity index (χ2v) is 5.74. The molecule has 0 saturated carbocycles. The molecule has 23 heavy (non-hydrogen) atoms. The Balaban J connectivity index is 2.17. The van der Waals surface area contributed by atoms with Gasteiger partial charge in [-0.1, -0.05) is 30.3 Å². The summed E-state index contributed by atoms with van der Waals surface area (Å²) in [6.07, 6.45) is -3.09. The number of hydrogen-bond acceptors (Lipinski definition) is 4. The van der Waals surface area contributed by atoms with Crippen molar-refractivity contribution in [2.24, 2.45) is 5.10 Å². The molecule has 1 fully saturated rings. The van der Waals surface area contributed by atoms with Crippen molar-refractivity contribution < 1.29 is 23.0 Å². The number of aliphatic hydroxyl groups is 1. The quantitative estimate of drug-likeness (QED) is 0.816. The highest BCUT2D eigenvalue weighted by atomic mass is 19.4. The van der Waals surface area contributed by atoms with Crippen LogP contribution in [0.5, 0.6) is 0 Å². The zero-order valence-corrected chi connectivity index (χ0v) is 13.0. The molecule has 1 aliphatic rings. The summed E-state index contributed by atoms with van der Waals surface area (Å²) < 4.78 is 45.0. The van der Waals surface area contributed by atoms with Crippen molar-refractivity contribution in [3.8, 4) is 0 Å². The summed E-state index contributed by atoms with van der Waals surface area (Å²) in [6, 6.07) is 8.04. The van der Waals surface area contributed by atoms with Crippen LogP contribution in [0.3, 0.4) is 0 Å². The van der Waals surface area contributed by atoms with Gasteiger partial charge in [0.05, 0.1) is 18.9 Å². The van der Waals surface area contributed by atoms with E-state index in [0.29, 0.717) is 24.9 Å².